The number of rotatable bonds is 3. The number of methoxy groups -OCH3 is 2. The van der Waals surface area contributed by atoms with Crippen LogP contribution >= 0.6 is 0 Å². The predicted octanol–water partition coefficient (Wildman–Crippen LogP) is 2.89. The fraction of sp³-hybridized carbons (Fsp3) is 0.118. The molecule has 0 atom stereocenters. The zero-order valence-electron chi connectivity index (χ0n) is 12.5. The highest BCUT2D eigenvalue weighted by molar-refractivity contribution is 5.87. The number of aromatic hydroxyl groups is 2. The summed E-state index contributed by atoms with van der Waals surface area (Å²) in [5.74, 6) is 0.440. The molecule has 23 heavy (non-hydrogen) atoms. The van der Waals surface area contributed by atoms with Crippen LogP contribution in [-0.4, -0.2) is 24.4 Å². The van der Waals surface area contributed by atoms with Crippen LogP contribution in [0.3, 0.4) is 0 Å². The molecule has 1 aromatic heterocycles. The number of phenols is 2. The third kappa shape index (κ3) is 2.44. The van der Waals surface area contributed by atoms with Gasteiger partial charge in [0.25, 0.3) is 0 Å². The molecule has 0 aliphatic rings. The van der Waals surface area contributed by atoms with E-state index in [1.54, 1.807) is 12.1 Å². The summed E-state index contributed by atoms with van der Waals surface area (Å²) in [7, 11) is 2.92. The lowest BCUT2D eigenvalue weighted by molar-refractivity contribution is 0.396. The van der Waals surface area contributed by atoms with Crippen molar-refractivity contribution >= 4 is 11.0 Å². The summed E-state index contributed by atoms with van der Waals surface area (Å²) in [5, 5.41) is 20.1. The van der Waals surface area contributed by atoms with Gasteiger partial charge in [-0.1, -0.05) is 6.07 Å². The molecule has 0 amide bonds. The van der Waals surface area contributed by atoms with Gasteiger partial charge in [0.2, 0.25) is 0 Å². The van der Waals surface area contributed by atoms with Crippen LogP contribution in [0.15, 0.2) is 45.6 Å². The predicted molar refractivity (Wildman–Crippen MR) is 84.4 cm³/mol. The molecule has 1 heterocycles. The molecular weight excluding hydrogens is 300 g/mol. The number of hydrogen-bond donors (Lipinski definition) is 2. The van der Waals surface area contributed by atoms with Crippen molar-refractivity contribution in [3.05, 3.63) is 46.6 Å². The van der Waals surface area contributed by atoms with Gasteiger partial charge < -0.3 is 24.1 Å². The number of benzene rings is 2. The lowest BCUT2D eigenvalue weighted by atomic mass is 10.1. The maximum absolute atomic E-state index is 12.4. The zero-order chi connectivity index (χ0) is 16.6. The summed E-state index contributed by atoms with van der Waals surface area (Å²) in [4.78, 5) is 12.4. The van der Waals surface area contributed by atoms with Crippen LogP contribution in [0.2, 0.25) is 0 Å². The van der Waals surface area contributed by atoms with Crippen LogP contribution in [0.1, 0.15) is 0 Å². The van der Waals surface area contributed by atoms with Crippen molar-refractivity contribution in [3.63, 3.8) is 0 Å². The molecule has 3 aromatic rings. The highest BCUT2D eigenvalue weighted by Gasteiger charge is 2.17. The lowest BCUT2D eigenvalue weighted by Crippen LogP contribution is -2.03. The first-order valence-corrected chi connectivity index (χ1v) is 6.76. The number of ether oxygens (including phenoxy) is 2. The van der Waals surface area contributed by atoms with E-state index in [2.05, 4.69) is 0 Å². The van der Waals surface area contributed by atoms with Crippen molar-refractivity contribution in [2.24, 2.45) is 0 Å². The molecule has 0 bridgehead atoms. The van der Waals surface area contributed by atoms with Crippen molar-refractivity contribution in [2.45, 2.75) is 0 Å². The molecule has 0 saturated heterocycles. The number of hydrogen-bond acceptors (Lipinski definition) is 6. The highest BCUT2D eigenvalue weighted by atomic mass is 16.5. The third-order valence-corrected chi connectivity index (χ3v) is 3.49. The van der Waals surface area contributed by atoms with Gasteiger partial charge in [0, 0.05) is 18.2 Å². The maximum Gasteiger partial charge on any atom is 0.197 e. The molecule has 0 unspecified atom stereocenters. The van der Waals surface area contributed by atoms with E-state index in [1.165, 1.54) is 38.5 Å². The second-order valence-electron chi connectivity index (χ2n) is 4.85. The Hall–Kier alpha value is -3.15. The molecule has 2 aromatic carbocycles. The second-order valence-corrected chi connectivity index (χ2v) is 4.85. The topological polar surface area (TPSA) is 89.1 Å². The first-order valence-electron chi connectivity index (χ1n) is 6.76. The highest BCUT2D eigenvalue weighted by Crippen LogP contribution is 2.38. The molecule has 6 nitrogen and oxygen atoms in total. The standard InChI is InChI=1S/C17H14O6/c1-21-9-6-13(22-2)17-12(20)8-15(23-14(17)7-9)16-10(18)4-3-5-11(16)19/h3-8,18-19H,1-2H3. The van der Waals surface area contributed by atoms with E-state index in [9.17, 15) is 15.0 Å². The molecule has 0 spiro atoms. The quantitative estimate of drug-likeness (QED) is 0.772. The van der Waals surface area contributed by atoms with Crippen LogP contribution in [0.4, 0.5) is 0 Å². The van der Waals surface area contributed by atoms with Crippen LogP contribution in [0.5, 0.6) is 23.0 Å². The summed E-state index contributed by atoms with van der Waals surface area (Å²) in [6, 6.07) is 8.60. The lowest BCUT2D eigenvalue weighted by Gasteiger charge is -2.10. The molecule has 3 rings (SSSR count). The Balaban J connectivity index is 2.36. The molecule has 6 heteroatoms. The molecule has 2 N–H and O–H groups in total. The van der Waals surface area contributed by atoms with Crippen molar-refractivity contribution in [1.82, 2.24) is 0 Å². The zero-order valence-corrected chi connectivity index (χ0v) is 12.5. The first kappa shape index (κ1) is 14.8. The fourth-order valence-corrected chi connectivity index (χ4v) is 2.41. The minimum atomic E-state index is -0.358. The Labute approximate surface area is 131 Å². The van der Waals surface area contributed by atoms with E-state index < -0.39 is 0 Å². The maximum atomic E-state index is 12.4. The SMILES string of the molecule is COc1cc(OC)c2c(=O)cc(-c3c(O)cccc3O)oc2c1. The Bertz CT molecular complexity index is 921. The fourth-order valence-electron chi connectivity index (χ4n) is 2.41. The Morgan fingerprint density at radius 2 is 1.70 bits per heavy atom. The smallest absolute Gasteiger partial charge is 0.197 e. The van der Waals surface area contributed by atoms with Gasteiger partial charge in [-0.05, 0) is 12.1 Å². The molecule has 0 aliphatic carbocycles. The molecule has 0 fully saturated rings. The summed E-state index contributed by atoms with van der Waals surface area (Å²) in [6.45, 7) is 0. The minimum Gasteiger partial charge on any atom is -0.507 e. The van der Waals surface area contributed by atoms with Crippen molar-refractivity contribution in [3.8, 4) is 34.3 Å². The van der Waals surface area contributed by atoms with E-state index in [0.717, 1.165) is 0 Å². The average molecular weight is 314 g/mol. The van der Waals surface area contributed by atoms with E-state index >= 15 is 0 Å². The van der Waals surface area contributed by atoms with Gasteiger partial charge in [-0.2, -0.15) is 0 Å². The van der Waals surface area contributed by atoms with Crippen molar-refractivity contribution in [2.75, 3.05) is 14.2 Å². The van der Waals surface area contributed by atoms with Gasteiger partial charge in [-0.3, -0.25) is 4.79 Å². The van der Waals surface area contributed by atoms with E-state index in [-0.39, 0.29) is 39.2 Å². The van der Waals surface area contributed by atoms with Gasteiger partial charge in [-0.25, -0.2) is 0 Å². The summed E-state index contributed by atoms with van der Waals surface area (Å²) in [5.41, 5.74) is -0.0805. The normalized spacial score (nSPS) is 10.7. The number of fused-ring (bicyclic) bond motifs is 1. The van der Waals surface area contributed by atoms with Gasteiger partial charge in [0.05, 0.1) is 14.2 Å². The minimum absolute atomic E-state index is 0.0493. The molecule has 118 valence electrons. The van der Waals surface area contributed by atoms with E-state index in [4.69, 9.17) is 13.9 Å². The molecule has 0 radical (unpaired) electrons. The Morgan fingerprint density at radius 3 is 2.30 bits per heavy atom. The average Bonchev–Trinajstić information content (AvgIpc) is 2.53. The Morgan fingerprint density at radius 1 is 1.00 bits per heavy atom. The summed E-state index contributed by atoms with van der Waals surface area (Å²) < 4.78 is 16.1. The van der Waals surface area contributed by atoms with Crippen molar-refractivity contribution in [1.29, 1.82) is 0 Å². The molecule has 0 aliphatic heterocycles. The van der Waals surface area contributed by atoms with Crippen LogP contribution in [0.25, 0.3) is 22.3 Å². The van der Waals surface area contributed by atoms with Crippen molar-refractivity contribution < 1.29 is 24.1 Å². The van der Waals surface area contributed by atoms with Gasteiger partial charge >= 0.3 is 0 Å². The Kier molecular flexibility index (Phi) is 3.57. The molecular formula is C17H14O6. The second kappa shape index (κ2) is 5.57. The summed E-state index contributed by atoms with van der Waals surface area (Å²) >= 11 is 0. The van der Waals surface area contributed by atoms with E-state index in [0.29, 0.717) is 11.5 Å². The third-order valence-electron chi connectivity index (χ3n) is 3.49. The van der Waals surface area contributed by atoms with Crippen LogP contribution < -0.4 is 14.9 Å². The van der Waals surface area contributed by atoms with Gasteiger partial charge in [0.15, 0.2) is 5.43 Å². The van der Waals surface area contributed by atoms with Crippen LogP contribution in [0, 0.1) is 0 Å². The van der Waals surface area contributed by atoms with Crippen LogP contribution in [-0.2, 0) is 0 Å². The van der Waals surface area contributed by atoms with Gasteiger partial charge in [0.1, 0.15) is 45.3 Å². The monoisotopic (exact) mass is 314 g/mol. The number of phenolic OH excluding ortho intramolecular Hbond substituents is 2. The summed E-state index contributed by atoms with van der Waals surface area (Å²) in [6.07, 6.45) is 0. The van der Waals surface area contributed by atoms with Gasteiger partial charge in [-0.15, -0.1) is 0 Å². The largest absolute Gasteiger partial charge is 0.507 e. The first-order chi connectivity index (χ1) is 11.0. The van der Waals surface area contributed by atoms with E-state index in [1.807, 2.05) is 0 Å². The molecule has 0 saturated carbocycles.